The molecule has 2 unspecified atom stereocenters. The molecular formula is C27H24N2O4S. The van der Waals surface area contributed by atoms with Gasteiger partial charge in [-0.25, -0.2) is 0 Å². The summed E-state index contributed by atoms with van der Waals surface area (Å²) < 4.78 is 5.20. The Morgan fingerprint density at radius 1 is 0.912 bits per heavy atom. The predicted octanol–water partition coefficient (Wildman–Crippen LogP) is 4.66. The van der Waals surface area contributed by atoms with Crippen LogP contribution in [0.4, 0.5) is 0 Å². The van der Waals surface area contributed by atoms with Gasteiger partial charge in [-0.15, -0.1) is 0 Å². The number of imide groups is 1. The van der Waals surface area contributed by atoms with Crippen LogP contribution in [0, 0.1) is 0 Å². The molecule has 0 aliphatic carbocycles. The maximum absolute atomic E-state index is 13.6. The number of hydrogen-bond donors (Lipinski definition) is 0. The summed E-state index contributed by atoms with van der Waals surface area (Å²) in [6.45, 7) is 0.170. The maximum Gasteiger partial charge on any atom is 0.256 e. The molecule has 0 saturated carbocycles. The van der Waals surface area contributed by atoms with Crippen molar-refractivity contribution in [3.8, 4) is 5.75 Å². The Labute approximate surface area is 202 Å². The molecule has 2 aliphatic heterocycles. The summed E-state index contributed by atoms with van der Waals surface area (Å²) in [6, 6.07) is 24.0. The van der Waals surface area contributed by atoms with Gasteiger partial charge in [0.25, 0.3) is 11.8 Å². The zero-order valence-corrected chi connectivity index (χ0v) is 19.5. The summed E-state index contributed by atoms with van der Waals surface area (Å²) >= 11 is 1.55. The van der Waals surface area contributed by atoms with Crippen LogP contribution in [0.5, 0.6) is 5.75 Å². The molecule has 2 atom stereocenters. The normalized spacial score (nSPS) is 20.0. The van der Waals surface area contributed by atoms with Crippen LogP contribution in [-0.2, 0) is 16.1 Å². The van der Waals surface area contributed by atoms with E-state index in [1.165, 1.54) is 4.90 Å². The van der Waals surface area contributed by atoms with Crippen molar-refractivity contribution >= 4 is 29.5 Å². The van der Waals surface area contributed by atoms with Crippen molar-refractivity contribution in [3.05, 3.63) is 95.6 Å². The van der Waals surface area contributed by atoms with E-state index in [1.54, 1.807) is 35.9 Å². The van der Waals surface area contributed by atoms with Crippen LogP contribution < -0.4 is 4.74 Å². The maximum atomic E-state index is 13.6. The number of likely N-dealkylation sites (tertiary alicyclic amines) is 1. The minimum atomic E-state index is -0.697. The first kappa shape index (κ1) is 22.2. The second-order valence-electron chi connectivity index (χ2n) is 8.30. The minimum Gasteiger partial charge on any atom is -0.497 e. The van der Waals surface area contributed by atoms with E-state index in [0.29, 0.717) is 17.7 Å². The SMILES string of the molecule is COc1ccc(CN2C(=O)CCC(N3C(=O)c4ccccc4C3Sc3ccccc3)C2=O)cc1. The second kappa shape index (κ2) is 9.35. The third-order valence-corrected chi connectivity index (χ3v) is 7.50. The van der Waals surface area contributed by atoms with Gasteiger partial charge >= 0.3 is 0 Å². The summed E-state index contributed by atoms with van der Waals surface area (Å²) in [4.78, 5) is 43.8. The van der Waals surface area contributed by atoms with E-state index in [-0.39, 0.29) is 36.1 Å². The van der Waals surface area contributed by atoms with Crippen LogP contribution >= 0.6 is 11.8 Å². The summed E-state index contributed by atoms with van der Waals surface area (Å²) in [6.07, 6.45) is 0.539. The molecule has 1 fully saturated rings. The van der Waals surface area contributed by atoms with Gasteiger partial charge in [0.2, 0.25) is 5.91 Å². The third-order valence-electron chi connectivity index (χ3n) is 6.25. The van der Waals surface area contributed by atoms with Crippen LogP contribution in [-0.4, -0.2) is 40.7 Å². The Bertz CT molecular complexity index is 1230. The molecule has 0 bridgehead atoms. The lowest BCUT2D eigenvalue weighted by molar-refractivity contribution is -0.153. The van der Waals surface area contributed by atoms with Gasteiger partial charge in [-0.1, -0.05) is 60.3 Å². The van der Waals surface area contributed by atoms with E-state index in [0.717, 1.165) is 16.0 Å². The number of piperidine rings is 1. The van der Waals surface area contributed by atoms with Gasteiger partial charge < -0.3 is 9.64 Å². The highest BCUT2D eigenvalue weighted by Gasteiger charge is 2.47. The zero-order chi connectivity index (χ0) is 23.7. The van der Waals surface area contributed by atoms with E-state index < -0.39 is 6.04 Å². The number of benzene rings is 3. The highest BCUT2D eigenvalue weighted by molar-refractivity contribution is 7.99. The molecule has 1 saturated heterocycles. The van der Waals surface area contributed by atoms with Gasteiger partial charge in [0.1, 0.15) is 17.2 Å². The zero-order valence-electron chi connectivity index (χ0n) is 18.7. The fourth-order valence-electron chi connectivity index (χ4n) is 4.51. The molecule has 0 N–H and O–H groups in total. The summed E-state index contributed by atoms with van der Waals surface area (Å²) in [5.74, 6) is 0.000587. The quantitative estimate of drug-likeness (QED) is 0.488. The molecule has 0 radical (unpaired) electrons. The highest BCUT2D eigenvalue weighted by Crippen LogP contribution is 2.47. The molecule has 3 aromatic rings. The number of methoxy groups -OCH3 is 1. The molecule has 2 heterocycles. The van der Waals surface area contributed by atoms with Crippen molar-refractivity contribution in [3.63, 3.8) is 0 Å². The van der Waals surface area contributed by atoms with Gasteiger partial charge in [-0.3, -0.25) is 19.3 Å². The number of thioether (sulfide) groups is 1. The van der Waals surface area contributed by atoms with Gasteiger partial charge in [-0.2, -0.15) is 0 Å². The number of ether oxygens (including phenoxy) is 1. The fraction of sp³-hybridized carbons (Fsp3) is 0.222. The van der Waals surface area contributed by atoms with Gasteiger partial charge in [0.05, 0.1) is 13.7 Å². The summed E-state index contributed by atoms with van der Waals surface area (Å²) in [5.41, 5.74) is 2.34. The predicted molar refractivity (Wildman–Crippen MR) is 129 cm³/mol. The molecule has 7 heteroatoms. The number of hydrogen-bond acceptors (Lipinski definition) is 5. The van der Waals surface area contributed by atoms with Crippen LogP contribution in [0.2, 0.25) is 0 Å². The van der Waals surface area contributed by atoms with Crippen molar-refractivity contribution in [1.29, 1.82) is 0 Å². The number of amides is 3. The Morgan fingerprint density at radius 2 is 1.62 bits per heavy atom. The van der Waals surface area contributed by atoms with Crippen molar-refractivity contribution in [1.82, 2.24) is 9.80 Å². The molecule has 0 spiro atoms. The number of carbonyl (C=O) groups excluding carboxylic acids is 3. The van der Waals surface area contributed by atoms with Gasteiger partial charge in [-0.05, 0) is 47.9 Å². The van der Waals surface area contributed by atoms with E-state index in [9.17, 15) is 14.4 Å². The fourth-order valence-corrected chi connectivity index (χ4v) is 5.78. The number of fused-ring (bicyclic) bond motifs is 1. The van der Waals surface area contributed by atoms with Gasteiger partial charge in [0.15, 0.2) is 0 Å². The van der Waals surface area contributed by atoms with Gasteiger partial charge in [0, 0.05) is 16.9 Å². The molecule has 0 aromatic heterocycles. The lowest BCUT2D eigenvalue weighted by Gasteiger charge is -2.38. The molecule has 34 heavy (non-hydrogen) atoms. The first-order valence-electron chi connectivity index (χ1n) is 11.2. The number of rotatable bonds is 6. The number of carbonyl (C=O) groups is 3. The van der Waals surface area contributed by atoms with E-state index in [4.69, 9.17) is 4.74 Å². The summed E-state index contributed by atoms with van der Waals surface area (Å²) in [7, 11) is 1.59. The molecule has 5 rings (SSSR count). The smallest absolute Gasteiger partial charge is 0.256 e. The molecule has 2 aliphatic rings. The van der Waals surface area contributed by atoms with Crippen molar-refractivity contribution in [2.75, 3.05) is 7.11 Å². The molecule has 3 amide bonds. The average Bonchev–Trinajstić information content (AvgIpc) is 3.14. The first-order valence-corrected chi connectivity index (χ1v) is 12.0. The van der Waals surface area contributed by atoms with Crippen molar-refractivity contribution in [2.24, 2.45) is 0 Å². The standard InChI is InChI=1S/C27H24N2O4S/c1-33-19-13-11-18(12-14-19)17-28-24(30)16-15-23(26(28)32)29-25(31)21-9-5-6-10-22(21)27(29)34-20-7-3-2-4-8-20/h2-14,23,27H,15-17H2,1H3. The minimum absolute atomic E-state index is 0.166. The monoisotopic (exact) mass is 472 g/mol. The Hall–Kier alpha value is -3.58. The molecule has 172 valence electrons. The topological polar surface area (TPSA) is 66.9 Å². The van der Waals surface area contributed by atoms with Crippen LogP contribution in [0.1, 0.15) is 39.7 Å². The van der Waals surface area contributed by atoms with E-state index in [1.807, 2.05) is 66.7 Å². The number of nitrogens with zero attached hydrogens (tertiary/aromatic N) is 2. The molecule has 6 nitrogen and oxygen atoms in total. The van der Waals surface area contributed by atoms with Crippen molar-refractivity contribution < 1.29 is 19.1 Å². The van der Waals surface area contributed by atoms with E-state index >= 15 is 0 Å². The Balaban J connectivity index is 1.45. The Kier molecular flexibility index (Phi) is 6.11. The first-order chi connectivity index (χ1) is 16.6. The largest absolute Gasteiger partial charge is 0.497 e. The highest BCUT2D eigenvalue weighted by atomic mass is 32.2. The Morgan fingerprint density at radius 3 is 2.35 bits per heavy atom. The second-order valence-corrected chi connectivity index (χ2v) is 9.46. The summed E-state index contributed by atoms with van der Waals surface area (Å²) in [5, 5.41) is -0.337. The van der Waals surface area contributed by atoms with Crippen LogP contribution in [0.3, 0.4) is 0 Å². The third kappa shape index (κ3) is 4.07. The van der Waals surface area contributed by atoms with E-state index in [2.05, 4.69) is 0 Å². The van der Waals surface area contributed by atoms with Crippen LogP contribution in [0.15, 0.2) is 83.8 Å². The lowest BCUT2D eigenvalue weighted by Crippen LogP contribution is -2.54. The van der Waals surface area contributed by atoms with Crippen LogP contribution in [0.25, 0.3) is 0 Å². The average molecular weight is 473 g/mol. The molecular weight excluding hydrogens is 448 g/mol. The molecule has 3 aromatic carbocycles. The lowest BCUT2D eigenvalue weighted by atomic mass is 10.0. The van der Waals surface area contributed by atoms with Crippen molar-refractivity contribution in [2.45, 2.75) is 35.7 Å².